The quantitative estimate of drug-likeness (QED) is 0.559. The summed E-state index contributed by atoms with van der Waals surface area (Å²) < 4.78 is 28.5. The van der Waals surface area contributed by atoms with Gasteiger partial charge in [-0.2, -0.15) is 4.52 Å². The highest BCUT2D eigenvalue weighted by Crippen LogP contribution is 2.34. The van der Waals surface area contributed by atoms with Gasteiger partial charge in [-0.25, -0.2) is 13.4 Å². The number of hydrogen-bond donors (Lipinski definition) is 1. The average molecular weight is 406 g/mol. The zero-order chi connectivity index (χ0) is 17.9. The molecule has 1 aliphatic carbocycles. The van der Waals surface area contributed by atoms with Crippen LogP contribution in [0.25, 0.3) is 15.9 Å². The standard InChI is InChI=1S/C16H12ClN5O2S2/c17-9-1-5-11(6-2-9)26(23,24)16-15-19-14(18-10-3-4-10)13-12(7-8-25-13)22(15)21-20-16/h1-2,5-8,10H,3-4H2,(H,18,19). The van der Waals surface area contributed by atoms with Gasteiger partial charge in [0.2, 0.25) is 14.9 Å². The zero-order valence-corrected chi connectivity index (χ0v) is 15.6. The molecular weight excluding hydrogens is 394 g/mol. The molecule has 1 saturated carbocycles. The summed E-state index contributed by atoms with van der Waals surface area (Å²) in [6, 6.07) is 8.25. The Bertz CT molecular complexity index is 1240. The third-order valence-corrected chi connectivity index (χ3v) is 7.05. The van der Waals surface area contributed by atoms with Gasteiger partial charge in [0.25, 0.3) is 0 Å². The number of sulfone groups is 1. The molecule has 1 aliphatic rings. The van der Waals surface area contributed by atoms with E-state index in [1.165, 1.54) is 40.1 Å². The second-order valence-corrected chi connectivity index (χ2v) is 9.32. The molecule has 7 nitrogen and oxygen atoms in total. The molecule has 0 saturated heterocycles. The Hall–Kier alpha value is -2.23. The van der Waals surface area contributed by atoms with Gasteiger partial charge in [0.15, 0.2) is 5.65 Å². The Morgan fingerprint density at radius 1 is 1.19 bits per heavy atom. The summed E-state index contributed by atoms with van der Waals surface area (Å²) in [4.78, 5) is 4.66. The molecule has 132 valence electrons. The summed E-state index contributed by atoms with van der Waals surface area (Å²) in [6.45, 7) is 0. The van der Waals surface area contributed by atoms with E-state index in [9.17, 15) is 8.42 Å². The number of halogens is 1. The highest BCUT2D eigenvalue weighted by Gasteiger charge is 2.29. The van der Waals surface area contributed by atoms with Gasteiger partial charge in [-0.1, -0.05) is 16.8 Å². The number of anilines is 1. The van der Waals surface area contributed by atoms with Crippen molar-refractivity contribution in [2.45, 2.75) is 28.8 Å². The van der Waals surface area contributed by atoms with Crippen molar-refractivity contribution in [3.8, 4) is 0 Å². The predicted molar refractivity (Wildman–Crippen MR) is 99.7 cm³/mol. The highest BCUT2D eigenvalue weighted by atomic mass is 35.5. The Balaban J connectivity index is 1.74. The number of nitrogens with one attached hydrogen (secondary N) is 1. The first kappa shape index (κ1) is 16.0. The van der Waals surface area contributed by atoms with Gasteiger partial charge in [-0.15, -0.1) is 16.4 Å². The monoisotopic (exact) mass is 405 g/mol. The fourth-order valence-electron chi connectivity index (χ4n) is 2.74. The molecule has 1 N–H and O–H groups in total. The number of benzene rings is 1. The third kappa shape index (κ3) is 2.46. The van der Waals surface area contributed by atoms with E-state index in [0.29, 0.717) is 16.9 Å². The summed E-state index contributed by atoms with van der Waals surface area (Å²) in [5.74, 6) is 0.680. The van der Waals surface area contributed by atoms with Crippen LogP contribution in [0.3, 0.4) is 0 Å². The largest absolute Gasteiger partial charge is 0.366 e. The van der Waals surface area contributed by atoms with E-state index in [-0.39, 0.29) is 15.6 Å². The lowest BCUT2D eigenvalue weighted by molar-refractivity contribution is 0.592. The Labute approximate surface area is 157 Å². The first-order valence-corrected chi connectivity index (χ1v) is 10.7. The molecule has 0 bridgehead atoms. The van der Waals surface area contributed by atoms with Gasteiger partial charge < -0.3 is 5.32 Å². The molecule has 10 heteroatoms. The maximum Gasteiger partial charge on any atom is 0.229 e. The van der Waals surface area contributed by atoms with E-state index in [1.807, 2.05) is 11.4 Å². The van der Waals surface area contributed by atoms with E-state index in [2.05, 4.69) is 20.6 Å². The highest BCUT2D eigenvalue weighted by molar-refractivity contribution is 7.91. The van der Waals surface area contributed by atoms with Gasteiger partial charge in [-0.05, 0) is 48.6 Å². The zero-order valence-electron chi connectivity index (χ0n) is 13.3. The molecule has 3 heterocycles. The summed E-state index contributed by atoms with van der Waals surface area (Å²) in [5, 5.41) is 13.6. The van der Waals surface area contributed by atoms with Crippen molar-refractivity contribution >= 4 is 54.5 Å². The summed E-state index contributed by atoms with van der Waals surface area (Å²) in [7, 11) is -3.86. The molecule has 0 radical (unpaired) electrons. The van der Waals surface area contributed by atoms with Gasteiger partial charge >= 0.3 is 0 Å². The maximum atomic E-state index is 13.0. The van der Waals surface area contributed by atoms with Gasteiger partial charge in [-0.3, -0.25) is 0 Å². The van der Waals surface area contributed by atoms with Crippen LogP contribution in [0.4, 0.5) is 5.82 Å². The van der Waals surface area contributed by atoms with E-state index in [0.717, 1.165) is 23.1 Å². The van der Waals surface area contributed by atoms with Crippen LogP contribution in [0, 0.1) is 0 Å². The topological polar surface area (TPSA) is 89.2 Å². The molecular formula is C16H12ClN5O2S2. The molecule has 4 aromatic rings. The van der Waals surface area contributed by atoms with Crippen molar-refractivity contribution in [3.63, 3.8) is 0 Å². The summed E-state index contributed by atoms with van der Waals surface area (Å²) in [5.41, 5.74) is 1.00. The average Bonchev–Trinajstić information content (AvgIpc) is 3.12. The van der Waals surface area contributed by atoms with Crippen LogP contribution in [-0.2, 0) is 9.84 Å². The first-order chi connectivity index (χ1) is 12.5. The molecule has 0 spiro atoms. The van der Waals surface area contributed by atoms with Crippen molar-refractivity contribution in [1.82, 2.24) is 19.8 Å². The fraction of sp³-hybridized carbons (Fsp3) is 0.188. The molecule has 1 fully saturated rings. The molecule has 26 heavy (non-hydrogen) atoms. The lowest BCUT2D eigenvalue weighted by atomic mass is 10.4. The Kier molecular flexibility index (Phi) is 3.46. The number of fused-ring (bicyclic) bond motifs is 3. The van der Waals surface area contributed by atoms with Crippen molar-refractivity contribution in [3.05, 3.63) is 40.7 Å². The van der Waals surface area contributed by atoms with Gasteiger partial charge in [0.05, 0.1) is 15.1 Å². The Morgan fingerprint density at radius 2 is 1.96 bits per heavy atom. The number of nitrogens with zero attached hydrogens (tertiary/aromatic N) is 4. The first-order valence-electron chi connectivity index (χ1n) is 7.94. The molecule has 0 unspecified atom stereocenters. The molecule has 0 atom stereocenters. The number of thiophene rings is 1. The number of rotatable bonds is 4. The van der Waals surface area contributed by atoms with E-state index < -0.39 is 9.84 Å². The van der Waals surface area contributed by atoms with Crippen LogP contribution in [-0.4, -0.2) is 34.3 Å². The Morgan fingerprint density at radius 3 is 2.69 bits per heavy atom. The van der Waals surface area contributed by atoms with E-state index in [1.54, 1.807) is 0 Å². The molecule has 0 aliphatic heterocycles. The lowest BCUT2D eigenvalue weighted by Gasteiger charge is -2.07. The lowest BCUT2D eigenvalue weighted by Crippen LogP contribution is -2.07. The van der Waals surface area contributed by atoms with Crippen LogP contribution in [0.5, 0.6) is 0 Å². The molecule has 5 rings (SSSR count). The minimum atomic E-state index is -3.86. The SMILES string of the molecule is O=S(=O)(c1ccc(Cl)cc1)c1nnn2c1nc(NC1CC1)c1sccc12. The van der Waals surface area contributed by atoms with Gasteiger partial charge in [0, 0.05) is 11.1 Å². The van der Waals surface area contributed by atoms with Crippen LogP contribution in [0.2, 0.25) is 5.02 Å². The minimum absolute atomic E-state index is 0.105. The summed E-state index contributed by atoms with van der Waals surface area (Å²) >= 11 is 7.40. The fourth-order valence-corrected chi connectivity index (χ4v) is 4.93. The van der Waals surface area contributed by atoms with Gasteiger partial charge in [0.1, 0.15) is 5.82 Å². The molecule has 0 amide bonds. The smallest absolute Gasteiger partial charge is 0.229 e. The van der Waals surface area contributed by atoms with Crippen LogP contribution >= 0.6 is 22.9 Å². The second kappa shape index (κ2) is 5.63. The van der Waals surface area contributed by atoms with Crippen molar-refractivity contribution in [2.75, 3.05) is 5.32 Å². The maximum absolute atomic E-state index is 13.0. The van der Waals surface area contributed by atoms with Crippen LogP contribution in [0.15, 0.2) is 45.6 Å². The minimum Gasteiger partial charge on any atom is -0.366 e. The van der Waals surface area contributed by atoms with E-state index >= 15 is 0 Å². The normalized spacial score (nSPS) is 15.0. The number of aromatic nitrogens is 4. The predicted octanol–water partition coefficient (Wildman–Crippen LogP) is 3.40. The van der Waals surface area contributed by atoms with Crippen molar-refractivity contribution in [1.29, 1.82) is 0 Å². The third-order valence-electron chi connectivity index (χ3n) is 4.22. The molecule has 3 aromatic heterocycles. The van der Waals surface area contributed by atoms with Crippen molar-refractivity contribution < 1.29 is 8.42 Å². The van der Waals surface area contributed by atoms with Crippen molar-refractivity contribution in [2.24, 2.45) is 0 Å². The van der Waals surface area contributed by atoms with E-state index in [4.69, 9.17) is 11.6 Å². The molecule has 1 aromatic carbocycles. The second-order valence-electron chi connectivity index (χ2n) is 6.10. The van der Waals surface area contributed by atoms with Crippen LogP contribution < -0.4 is 5.32 Å². The van der Waals surface area contributed by atoms with Crippen LogP contribution in [0.1, 0.15) is 12.8 Å². The summed E-state index contributed by atoms with van der Waals surface area (Å²) in [6.07, 6.45) is 2.18. The number of hydrogen-bond acceptors (Lipinski definition) is 7.